The highest BCUT2D eigenvalue weighted by Crippen LogP contribution is 2.48. The third-order valence-corrected chi connectivity index (χ3v) is 16.3. The summed E-state index contributed by atoms with van der Waals surface area (Å²) in [5.41, 5.74) is 14.3. The van der Waals surface area contributed by atoms with Crippen LogP contribution in [0.3, 0.4) is 0 Å². The molecule has 12 heteroatoms. The molecular weight excluding hydrogens is 903 g/mol. The molecule has 0 N–H and O–H groups in total. The smallest absolute Gasteiger partial charge is 0.260 e. The first-order valence-electron chi connectivity index (χ1n) is 23.5. The van der Waals surface area contributed by atoms with E-state index in [1.165, 1.54) is 0 Å². The van der Waals surface area contributed by atoms with E-state index < -0.39 is 0 Å². The Kier molecular flexibility index (Phi) is 8.64. The van der Waals surface area contributed by atoms with Crippen LogP contribution >= 0.6 is 23.5 Å². The van der Waals surface area contributed by atoms with Crippen molar-refractivity contribution < 1.29 is 28.4 Å². The summed E-state index contributed by atoms with van der Waals surface area (Å²) in [6, 6.07) is 55.4. The summed E-state index contributed by atoms with van der Waals surface area (Å²) in [5, 5.41) is 0. The Bertz CT molecular complexity index is 3540. The molecule has 6 aliphatic rings. The first kappa shape index (κ1) is 40.4. The molecule has 15 rings (SSSR count). The molecule has 332 valence electrons. The molecule has 0 saturated carbocycles. The Morgan fingerprint density at radius 3 is 1.04 bits per heavy atom. The lowest BCUT2D eigenvalue weighted by molar-refractivity contribution is 0.441. The van der Waals surface area contributed by atoms with Crippen LogP contribution in [0.4, 0.5) is 17.1 Å². The van der Waals surface area contributed by atoms with Crippen molar-refractivity contribution in [1.29, 1.82) is 0 Å². The molecule has 9 aromatic rings. The number of anilines is 3. The minimum atomic E-state index is -0.286. The van der Waals surface area contributed by atoms with Gasteiger partial charge >= 0.3 is 0 Å². The predicted octanol–water partition coefficient (Wildman–Crippen LogP) is 9.40. The van der Waals surface area contributed by atoms with E-state index in [4.69, 9.17) is 28.4 Å². The number of benzene rings is 9. The van der Waals surface area contributed by atoms with Crippen molar-refractivity contribution in [2.75, 3.05) is 17.4 Å². The standard InChI is InChI=1S/C58H38B3NO6S2/c1-31-55-40(59-38-19-11-13-21-44(38)63-48-25-36(69-3)27-50(67-55)53(48)59)29-42-57(31)65-46-23-35(62(33-15-7-5-8-16-33)34-17-9-6-10-18-34)24-47-52(46)61(42)43-30-41-56(32(2)58(43)66-47)68-51-28-37(70-4)26-49-54(51)60(41)39-20-12-14-22-45(39)64-49/h5-30H,1-4H3. The zero-order valence-corrected chi connectivity index (χ0v) is 40.1. The Balaban J connectivity index is 0.999. The summed E-state index contributed by atoms with van der Waals surface area (Å²) in [6.07, 6.45) is 4.17. The quantitative estimate of drug-likeness (QED) is 0.124. The topological polar surface area (TPSA) is 58.6 Å². The first-order chi connectivity index (χ1) is 34.4. The highest BCUT2D eigenvalue weighted by atomic mass is 32.2. The normalized spacial score (nSPS) is 13.9. The molecule has 7 nitrogen and oxygen atoms in total. The van der Waals surface area contributed by atoms with Gasteiger partial charge in [0.25, 0.3) is 20.1 Å². The Morgan fingerprint density at radius 2 is 0.657 bits per heavy atom. The zero-order valence-electron chi connectivity index (χ0n) is 38.5. The van der Waals surface area contributed by atoms with Gasteiger partial charge < -0.3 is 33.3 Å². The third-order valence-electron chi connectivity index (χ3n) is 14.9. The molecule has 9 aromatic carbocycles. The molecule has 0 bridgehead atoms. The zero-order chi connectivity index (χ0) is 46.5. The molecule has 0 fully saturated rings. The molecular formula is C58H38B3NO6S2. The van der Waals surface area contributed by atoms with E-state index >= 15 is 0 Å². The maximum atomic E-state index is 7.37. The minimum absolute atomic E-state index is 0.134. The highest BCUT2D eigenvalue weighted by Gasteiger charge is 2.49. The summed E-state index contributed by atoms with van der Waals surface area (Å²) in [5.74, 6) is 9.60. The van der Waals surface area contributed by atoms with Crippen LogP contribution in [0.15, 0.2) is 168 Å². The summed E-state index contributed by atoms with van der Waals surface area (Å²) in [6.45, 7) is 3.74. The van der Waals surface area contributed by atoms with E-state index in [1.807, 2.05) is 24.3 Å². The SMILES string of the molecule is CSc1cc2c3c(c1)Oc1c(cc4c(c1C)Oc1cc(N(c5ccccc5)c5ccccc5)cc5c1B4c1cc4c(c(C)c1O5)Oc1cc(SC)cc5c1B4c1ccccc1O5)B3c1ccccc1O2. The van der Waals surface area contributed by atoms with Gasteiger partial charge in [-0.05, 0) is 120 Å². The second-order valence-electron chi connectivity index (χ2n) is 18.6. The molecule has 0 atom stereocenters. The van der Waals surface area contributed by atoms with Gasteiger partial charge in [0.2, 0.25) is 0 Å². The number of hydrogen-bond donors (Lipinski definition) is 0. The van der Waals surface area contributed by atoms with E-state index in [0.29, 0.717) is 0 Å². The molecule has 0 spiro atoms. The Hall–Kier alpha value is -7.53. The van der Waals surface area contributed by atoms with Gasteiger partial charge in [0.05, 0.1) is 5.69 Å². The molecule has 70 heavy (non-hydrogen) atoms. The van der Waals surface area contributed by atoms with Crippen molar-refractivity contribution in [3.63, 3.8) is 0 Å². The number of para-hydroxylation sites is 4. The van der Waals surface area contributed by atoms with Crippen LogP contribution < -0.4 is 82.5 Å². The molecule has 6 aliphatic heterocycles. The maximum absolute atomic E-state index is 7.37. The van der Waals surface area contributed by atoms with Gasteiger partial charge in [-0.1, -0.05) is 84.9 Å². The van der Waals surface area contributed by atoms with Gasteiger partial charge in [-0.15, -0.1) is 23.5 Å². The fraction of sp³-hybridized carbons (Fsp3) is 0.0690. The van der Waals surface area contributed by atoms with Crippen LogP contribution in [-0.2, 0) is 0 Å². The van der Waals surface area contributed by atoms with Crippen molar-refractivity contribution >= 4 is 110 Å². The largest absolute Gasteiger partial charge is 0.458 e. The van der Waals surface area contributed by atoms with Crippen LogP contribution in [0, 0.1) is 13.8 Å². The summed E-state index contributed by atoms with van der Waals surface area (Å²) in [7, 11) is 0. The maximum Gasteiger partial charge on any atom is 0.260 e. The van der Waals surface area contributed by atoms with Crippen molar-refractivity contribution in [2.24, 2.45) is 0 Å². The average Bonchev–Trinajstić information content (AvgIpc) is 3.39. The predicted molar refractivity (Wildman–Crippen MR) is 287 cm³/mol. The fourth-order valence-electron chi connectivity index (χ4n) is 11.9. The summed E-state index contributed by atoms with van der Waals surface area (Å²) in [4.78, 5) is 4.41. The monoisotopic (exact) mass is 941 g/mol. The lowest BCUT2D eigenvalue weighted by atomic mass is 9.30. The summed E-state index contributed by atoms with van der Waals surface area (Å²) < 4.78 is 42.3. The number of hydrogen-bond acceptors (Lipinski definition) is 9. The van der Waals surface area contributed by atoms with Crippen LogP contribution in [-0.4, -0.2) is 32.6 Å². The van der Waals surface area contributed by atoms with Crippen molar-refractivity contribution in [1.82, 2.24) is 0 Å². The Morgan fingerprint density at radius 1 is 0.329 bits per heavy atom. The van der Waals surface area contributed by atoms with Gasteiger partial charge in [0.1, 0.15) is 69.0 Å². The fourth-order valence-corrected chi connectivity index (χ4v) is 12.8. The van der Waals surface area contributed by atoms with E-state index in [0.717, 1.165) is 156 Å². The van der Waals surface area contributed by atoms with Crippen LogP contribution in [0.2, 0.25) is 0 Å². The van der Waals surface area contributed by atoms with E-state index in [-0.39, 0.29) is 20.1 Å². The minimum Gasteiger partial charge on any atom is -0.458 e. The van der Waals surface area contributed by atoms with Crippen molar-refractivity contribution in [2.45, 2.75) is 23.6 Å². The lowest BCUT2D eigenvalue weighted by Gasteiger charge is -2.40. The number of nitrogens with zero attached hydrogens (tertiary/aromatic N) is 1. The van der Waals surface area contributed by atoms with Gasteiger partial charge in [0, 0.05) is 60.8 Å². The van der Waals surface area contributed by atoms with Crippen LogP contribution in [0.1, 0.15) is 11.1 Å². The van der Waals surface area contributed by atoms with Gasteiger partial charge in [-0.25, -0.2) is 0 Å². The van der Waals surface area contributed by atoms with Gasteiger partial charge in [-0.3, -0.25) is 0 Å². The molecule has 0 amide bonds. The molecule has 6 heterocycles. The number of rotatable bonds is 5. The molecule has 0 aliphatic carbocycles. The lowest BCUT2D eigenvalue weighted by Crippen LogP contribution is -2.63. The van der Waals surface area contributed by atoms with E-state index in [2.05, 4.69) is 165 Å². The molecule has 0 unspecified atom stereocenters. The van der Waals surface area contributed by atoms with Crippen LogP contribution in [0.25, 0.3) is 0 Å². The Labute approximate surface area is 414 Å². The molecule has 0 aromatic heterocycles. The number of thioether (sulfide) groups is 2. The average molecular weight is 942 g/mol. The van der Waals surface area contributed by atoms with Crippen molar-refractivity contribution in [3.05, 3.63) is 169 Å². The second-order valence-corrected chi connectivity index (χ2v) is 20.4. The second kappa shape index (κ2) is 15.0. The molecule has 0 radical (unpaired) electrons. The first-order valence-corrected chi connectivity index (χ1v) is 26.0. The van der Waals surface area contributed by atoms with E-state index in [9.17, 15) is 0 Å². The molecule has 0 saturated heterocycles. The highest BCUT2D eigenvalue weighted by molar-refractivity contribution is 7.98. The number of fused-ring (bicyclic) bond motifs is 12. The van der Waals surface area contributed by atoms with Crippen molar-refractivity contribution in [3.8, 4) is 69.0 Å². The van der Waals surface area contributed by atoms with Crippen LogP contribution in [0.5, 0.6) is 69.0 Å². The third kappa shape index (κ3) is 5.66. The summed E-state index contributed by atoms with van der Waals surface area (Å²) >= 11 is 3.35. The number of ether oxygens (including phenoxy) is 6. The van der Waals surface area contributed by atoms with Gasteiger partial charge in [0.15, 0.2) is 0 Å². The van der Waals surface area contributed by atoms with E-state index in [1.54, 1.807) is 23.5 Å². The van der Waals surface area contributed by atoms with Gasteiger partial charge in [-0.2, -0.15) is 0 Å².